The van der Waals surface area contributed by atoms with Crippen molar-refractivity contribution in [2.45, 2.75) is 137 Å². The first-order valence-corrected chi connectivity index (χ1v) is 15.5. The summed E-state index contributed by atoms with van der Waals surface area (Å²) in [6.45, 7) is 14.7. The van der Waals surface area contributed by atoms with Crippen LogP contribution in [0.25, 0.3) is 0 Å². The summed E-state index contributed by atoms with van der Waals surface area (Å²) >= 11 is 0. The van der Waals surface area contributed by atoms with Gasteiger partial charge in [-0.2, -0.15) is 0 Å². The molecule has 4 fully saturated rings. The summed E-state index contributed by atoms with van der Waals surface area (Å²) in [7, 11) is 0. The molecular formula is C32H58O. The number of rotatable bonds is 11. The molecule has 192 valence electrons. The summed E-state index contributed by atoms with van der Waals surface area (Å²) in [5, 5.41) is 0. The van der Waals surface area contributed by atoms with Gasteiger partial charge in [0.15, 0.2) is 0 Å². The van der Waals surface area contributed by atoms with Crippen LogP contribution in [0.2, 0.25) is 0 Å². The van der Waals surface area contributed by atoms with Crippen molar-refractivity contribution in [3.05, 3.63) is 0 Å². The maximum Gasteiger partial charge on any atom is 0.0491 e. The number of hydrogen-bond acceptors (Lipinski definition) is 1. The fraction of sp³-hybridized carbons (Fsp3) is 1.00. The largest absolute Gasteiger partial charge is 0.381 e. The molecule has 0 radical (unpaired) electrons. The van der Waals surface area contributed by atoms with Crippen molar-refractivity contribution in [3.63, 3.8) is 0 Å². The Hall–Kier alpha value is -0.0400. The van der Waals surface area contributed by atoms with Gasteiger partial charge in [-0.1, -0.05) is 73.1 Å². The third kappa shape index (κ3) is 5.39. The van der Waals surface area contributed by atoms with E-state index in [1.165, 1.54) is 64.2 Å². The van der Waals surface area contributed by atoms with Crippen LogP contribution in [0.3, 0.4) is 0 Å². The third-order valence-electron chi connectivity index (χ3n) is 12.0. The van der Waals surface area contributed by atoms with E-state index < -0.39 is 0 Å². The van der Waals surface area contributed by atoms with Gasteiger partial charge < -0.3 is 4.74 Å². The lowest BCUT2D eigenvalue weighted by molar-refractivity contribution is -0.114. The van der Waals surface area contributed by atoms with Gasteiger partial charge in [0, 0.05) is 13.2 Å². The van der Waals surface area contributed by atoms with E-state index in [0.29, 0.717) is 10.8 Å². The van der Waals surface area contributed by atoms with E-state index in [1.54, 1.807) is 38.5 Å². The molecule has 9 atom stereocenters. The SMILES string of the molecule is CCCCCOCC(C)CCC[C@@H](C)[C@H]1CC[C@H]2[C@@H]3CCC4CCCC[C@]4(C)[C@H]3CC[C@]12C. The zero-order valence-electron chi connectivity index (χ0n) is 23.2. The van der Waals surface area contributed by atoms with Gasteiger partial charge in [0.1, 0.15) is 0 Å². The summed E-state index contributed by atoms with van der Waals surface area (Å²) in [5.41, 5.74) is 1.34. The van der Waals surface area contributed by atoms with E-state index in [9.17, 15) is 0 Å². The second-order valence-electron chi connectivity index (χ2n) is 13.9. The van der Waals surface area contributed by atoms with Crippen molar-refractivity contribution in [3.8, 4) is 0 Å². The summed E-state index contributed by atoms with van der Waals surface area (Å²) in [4.78, 5) is 0. The second kappa shape index (κ2) is 11.3. The topological polar surface area (TPSA) is 9.23 Å². The summed E-state index contributed by atoms with van der Waals surface area (Å²) in [5.74, 6) is 6.85. The fourth-order valence-electron chi connectivity index (χ4n) is 10.1. The average molecular weight is 459 g/mol. The fourth-order valence-corrected chi connectivity index (χ4v) is 10.1. The Bertz CT molecular complexity index is 599. The summed E-state index contributed by atoms with van der Waals surface area (Å²) in [6.07, 6.45) is 23.5. The molecule has 1 nitrogen and oxygen atoms in total. The Morgan fingerprint density at radius 1 is 0.788 bits per heavy atom. The molecular weight excluding hydrogens is 400 g/mol. The van der Waals surface area contributed by atoms with Crippen molar-refractivity contribution in [2.24, 2.45) is 52.3 Å². The monoisotopic (exact) mass is 458 g/mol. The van der Waals surface area contributed by atoms with Gasteiger partial charge in [-0.3, -0.25) is 0 Å². The normalized spacial score (nSPS) is 42.3. The first-order chi connectivity index (χ1) is 15.9. The lowest BCUT2D eigenvalue weighted by Gasteiger charge is -2.61. The van der Waals surface area contributed by atoms with Crippen LogP contribution in [0.5, 0.6) is 0 Å². The highest BCUT2D eigenvalue weighted by Crippen LogP contribution is 2.68. The maximum atomic E-state index is 5.94. The van der Waals surface area contributed by atoms with Crippen LogP contribution in [0.4, 0.5) is 0 Å². The zero-order chi connectivity index (χ0) is 23.5. The molecule has 0 aromatic carbocycles. The van der Waals surface area contributed by atoms with Gasteiger partial charge in [-0.25, -0.2) is 0 Å². The molecule has 0 aromatic rings. The first kappa shape index (κ1) is 26.0. The van der Waals surface area contributed by atoms with Crippen molar-refractivity contribution in [1.82, 2.24) is 0 Å². The zero-order valence-corrected chi connectivity index (χ0v) is 23.2. The highest BCUT2D eigenvalue weighted by atomic mass is 16.5. The molecule has 0 saturated heterocycles. The van der Waals surface area contributed by atoms with Crippen LogP contribution in [0, 0.1) is 52.3 Å². The molecule has 4 saturated carbocycles. The average Bonchev–Trinajstić information content (AvgIpc) is 3.16. The van der Waals surface area contributed by atoms with E-state index in [-0.39, 0.29) is 0 Å². The minimum Gasteiger partial charge on any atom is -0.381 e. The Morgan fingerprint density at radius 2 is 1.61 bits per heavy atom. The molecule has 0 amide bonds. The molecule has 2 unspecified atom stereocenters. The molecule has 0 aromatic heterocycles. The number of unbranched alkanes of at least 4 members (excludes halogenated alkanes) is 2. The van der Waals surface area contributed by atoms with Gasteiger partial charge in [0.2, 0.25) is 0 Å². The van der Waals surface area contributed by atoms with E-state index >= 15 is 0 Å². The molecule has 33 heavy (non-hydrogen) atoms. The predicted octanol–water partition coefficient (Wildman–Crippen LogP) is 9.68. The van der Waals surface area contributed by atoms with E-state index in [1.807, 2.05) is 0 Å². The van der Waals surface area contributed by atoms with Crippen molar-refractivity contribution in [1.29, 1.82) is 0 Å². The molecule has 0 heterocycles. The van der Waals surface area contributed by atoms with Crippen LogP contribution < -0.4 is 0 Å². The van der Waals surface area contributed by atoms with E-state index in [0.717, 1.165) is 54.6 Å². The molecule has 0 spiro atoms. The van der Waals surface area contributed by atoms with Gasteiger partial charge in [0.05, 0.1) is 0 Å². The maximum absolute atomic E-state index is 5.94. The van der Waals surface area contributed by atoms with Crippen molar-refractivity contribution >= 4 is 0 Å². The third-order valence-corrected chi connectivity index (χ3v) is 12.0. The summed E-state index contributed by atoms with van der Waals surface area (Å²) in [6, 6.07) is 0. The quantitative estimate of drug-likeness (QED) is 0.280. The van der Waals surface area contributed by atoms with E-state index in [2.05, 4.69) is 34.6 Å². The Balaban J connectivity index is 1.26. The Labute approximate surface area is 207 Å². The smallest absolute Gasteiger partial charge is 0.0491 e. The number of hydrogen-bond donors (Lipinski definition) is 0. The van der Waals surface area contributed by atoms with Crippen LogP contribution in [0.15, 0.2) is 0 Å². The highest BCUT2D eigenvalue weighted by Gasteiger charge is 2.60. The minimum absolute atomic E-state index is 0.645. The number of fused-ring (bicyclic) bond motifs is 5. The predicted molar refractivity (Wildman–Crippen MR) is 142 cm³/mol. The minimum atomic E-state index is 0.645. The highest BCUT2D eigenvalue weighted by molar-refractivity contribution is 5.09. The van der Waals surface area contributed by atoms with E-state index in [4.69, 9.17) is 4.74 Å². The molecule has 4 aliphatic carbocycles. The lowest BCUT2D eigenvalue weighted by atomic mass is 9.44. The van der Waals surface area contributed by atoms with Crippen molar-refractivity contribution < 1.29 is 4.74 Å². The molecule has 0 aliphatic heterocycles. The van der Waals surface area contributed by atoms with Gasteiger partial charge in [-0.15, -0.1) is 0 Å². The van der Waals surface area contributed by atoms with Gasteiger partial charge >= 0.3 is 0 Å². The van der Waals surface area contributed by atoms with Gasteiger partial charge in [-0.05, 0) is 116 Å². The van der Waals surface area contributed by atoms with Crippen LogP contribution in [0.1, 0.15) is 137 Å². The molecule has 0 bridgehead atoms. The number of ether oxygens (including phenoxy) is 1. The molecule has 0 N–H and O–H groups in total. The van der Waals surface area contributed by atoms with Crippen LogP contribution in [-0.4, -0.2) is 13.2 Å². The summed E-state index contributed by atoms with van der Waals surface area (Å²) < 4.78 is 5.94. The Morgan fingerprint density at radius 3 is 2.42 bits per heavy atom. The van der Waals surface area contributed by atoms with Crippen LogP contribution in [-0.2, 0) is 4.74 Å². The molecule has 1 heteroatoms. The molecule has 4 rings (SSSR count). The van der Waals surface area contributed by atoms with Gasteiger partial charge in [0.25, 0.3) is 0 Å². The van der Waals surface area contributed by atoms with Crippen LogP contribution >= 0.6 is 0 Å². The van der Waals surface area contributed by atoms with Crippen molar-refractivity contribution in [2.75, 3.05) is 13.2 Å². The second-order valence-corrected chi connectivity index (χ2v) is 13.9. The molecule has 4 aliphatic rings. The first-order valence-electron chi connectivity index (χ1n) is 15.5. The lowest BCUT2D eigenvalue weighted by Crippen LogP contribution is -2.53. The Kier molecular flexibility index (Phi) is 8.95. The standard InChI is InChI=1S/C32H58O/c1-6-7-10-22-33-23-24(2)12-11-13-25(3)28-17-18-29-27-16-15-26-14-8-9-20-31(26,4)30(27)19-21-32(28,29)5/h24-30H,6-23H2,1-5H3/t24?,25-,26?,27+,28-,29+,30+,31+,32-/m1/s1.